The number of piperidine rings is 1. The lowest BCUT2D eigenvalue weighted by atomic mass is 9.85. The van der Waals surface area contributed by atoms with E-state index < -0.39 is 5.54 Å². The molecule has 1 fully saturated rings. The minimum atomic E-state index is -0.412. The summed E-state index contributed by atoms with van der Waals surface area (Å²) in [5, 5.41) is 7.21. The first-order valence-electron chi connectivity index (χ1n) is 9.74. The molecular weight excluding hydrogens is 352 g/mol. The smallest absolute Gasteiger partial charge is 0.253 e. The van der Waals surface area contributed by atoms with Crippen LogP contribution >= 0.6 is 0 Å². The van der Waals surface area contributed by atoms with Gasteiger partial charge in [-0.3, -0.25) is 9.79 Å². The molecule has 6 nitrogen and oxygen atoms in total. The number of hydrogen-bond acceptors (Lipinski definition) is 4. The molecule has 2 aromatic carbocycles. The Morgan fingerprint density at radius 3 is 2.68 bits per heavy atom. The van der Waals surface area contributed by atoms with Crippen LogP contribution < -0.4 is 10.6 Å². The summed E-state index contributed by atoms with van der Waals surface area (Å²) >= 11 is 0. The summed E-state index contributed by atoms with van der Waals surface area (Å²) in [4.78, 5) is 19.8. The zero-order valence-corrected chi connectivity index (χ0v) is 16.1. The summed E-state index contributed by atoms with van der Waals surface area (Å²) in [5.74, 6) is 0.949. The average molecular weight is 378 g/mol. The number of methoxy groups -OCH3 is 1. The van der Waals surface area contributed by atoms with Crippen molar-refractivity contribution in [3.8, 4) is 0 Å². The van der Waals surface area contributed by atoms with Crippen molar-refractivity contribution in [2.45, 2.75) is 18.4 Å². The highest BCUT2D eigenvalue weighted by Crippen LogP contribution is 2.36. The normalized spacial score (nSPS) is 22.5. The molecule has 1 unspecified atom stereocenters. The van der Waals surface area contributed by atoms with Gasteiger partial charge in [-0.05, 0) is 37.1 Å². The first-order valence-corrected chi connectivity index (χ1v) is 9.74. The SMILES string of the molecule is COCCN=C1Nc2ccccc2NC12CCCN(C(=O)c1ccccc1)C2. The van der Waals surface area contributed by atoms with E-state index in [0.717, 1.165) is 42.2 Å². The Balaban J connectivity index is 1.64. The maximum Gasteiger partial charge on any atom is 0.253 e. The van der Waals surface area contributed by atoms with Crippen LogP contribution in [0.4, 0.5) is 11.4 Å². The summed E-state index contributed by atoms with van der Waals surface area (Å²) in [6.45, 7) is 2.48. The molecule has 28 heavy (non-hydrogen) atoms. The molecule has 1 atom stereocenters. The van der Waals surface area contributed by atoms with Gasteiger partial charge >= 0.3 is 0 Å². The van der Waals surface area contributed by atoms with Crippen LogP contribution in [0.25, 0.3) is 0 Å². The zero-order chi connectivity index (χ0) is 19.4. The van der Waals surface area contributed by atoms with Crippen LogP contribution in [-0.2, 0) is 4.74 Å². The highest BCUT2D eigenvalue weighted by atomic mass is 16.5. The zero-order valence-electron chi connectivity index (χ0n) is 16.1. The number of carbonyl (C=O) groups is 1. The molecule has 2 aliphatic heterocycles. The molecule has 146 valence electrons. The minimum absolute atomic E-state index is 0.0663. The number of nitrogens with zero attached hydrogens (tertiary/aromatic N) is 2. The molecule has 2 aromatic rings. The molecule has 0 aromatic heterocycles. The minimum Gasteiger partial charge on any atom is -0.383 e. The second-order valence-electron chi connectivity index (χ2n) is 7.30. The van der Waals surface area contributed by atoms with Gasteiger partial charge in [0.05, 0.1) is 31.1 Å². The van der Waals surface area contributed by atoms with Gasteiger partial charge in [-0.2, -0.15) is 0 Å². The van der Waals surface area contributed by atoms with Gasteiger partial charge in [0.15, 0.2) is 0 Å². The van der Waals surface area contributed by atoms with Crippen molar-refractivity contribution in [2.24, 2.45) is 4.99 Å². The van der Waals surface area contributed by atoms with Gasteiger partial charge in [0.2, 0.25) is 0 Å². The number of rotatable bonds is 4. The van der Waals surface area contributed by atoms with E-state index in [4.69, 9.17) is 9.73 Å². The number of carbonyl (C=O) groups excluding carboxylic acids is 1. The van der Waals surface area contributed by atoms with Crippen molar-refractivity contribution in [3.63, 3.8) is 0 Å². The van der Waals surface area contributed by atoms with E-state index in [9.17, 15) is 4.79 Å². The van der Waals surface area contributed by atoms with Crippen molar-refractivity contribution in [1.82, 2.24) is 4.90 Å². The van der Waals surface area contributed by atoms with E-state index in [0.29, 0.717) is 19.7 Å². The molecule has 0 bridgehead atoms. The van der Waals surface area contributed by atoms with Crippen molar-refractivity contribution in [2.75, 3.05) is 44.0 Å². The van der Waals surface area contributed by atoms with E-state index in [1.54, 1.807) is 7.11 Å². The fourth-order valence-electron chi connectivity index (χ4n) is 3.99. The summed E-state index contributed by atoms with van der Waals surface area (Å²) in [6, 6.07) is 17.6. The number of fused-ring (bicyclic) bond motifs is 1. The number of para-hydroxylation sites is 2. The van der Waals surface area contributed by atoms with Crippen LogP contribution in [0.2, 0.25) is 0 Å². The number of hydrogen-bond donors (Lipinski definition) is 2. The van der Waals surface area contributed by atoms with Crippen LogP contribution in [0.15, 0.2) is 59.6 Å². The molecule has 2 heterocycles. The Labute approximate surface area is 165 Å². The summed E-state index contributed by atoms with van der Waals surface area (Å²) in [7, 11) is 1.68. The van der Waals surface area contributed by atoms with Crippen LogP contribution in [0.5, 0.6) is 0 Å². The molecule has 1 amide bonds. The highest BCUT2D eigenvalue weighted by molar-refractivity contribution is 6.10. The second kappa shape index (κ2) is 8.02. The fraction of sp³-hybridized carbons (Fsp3) is 0.364. The number of amides is 1. The maximum absolute atomic E-state index is 13.1. The van der Waals surface area contributed by atoms with E-state index in [1.807, 2.05) is 53.4 Å². The van der Waals surface area contributed by atoms with E-state index in [-0.39, 0.29) is 5.91 Å². The molecule has 2 N–H and O–H groups in total. The molecule has 4 rings (SSSR count). The third-order valence-corrected chi connectivity index (χ3v) is 5.37. The number of benzene rings is 2. The number of ether oxygens (including phenoxy) is 1. The largest absolute Gasteiger partial charge is 0.383 e. The van der Waals surface area contributed by atoms with Crippen LogP contribution in [0.1, 0.15) is 23.2 Å². The fourth-order valence-corrected chi connectivity index (χ4v) is 3.99. The van der Waals surface area contributed by atoms with Crippen molar-refractivity contribution in [3.05, 3.63) is 60.2 Å². The van der Waals surface area contributed by atoms with Gasteiger partial charge in [0.1, 0.15) is 11.4 Å². The van der Waals surface area contributed by atoms with Crippen LogP contribution in [0, 0.1) is 0 Å². The molecule has 0 saturated carbocycles. The predicted octanol–water partition coefficient (Wildman–Crippen LogP) is 3.24. The Morgan fingerprint density at radius 1 is 1.14 bits per heavy atom. The van der Waals surface area contributed by atoms with E-state index >= 15 is 0 Å². The Hall–Kier alpha value is -2.86. The number of nitrogens with one attached hydrogen (secondary N) is 2. The predicted molar refractivity (Wildman–Crippen MR) is 112 cm³/mol. The van der Waals surface area contributed by atoms with E-state index in [1.165, 1.54) is 0 Å². The number of amidine groups is 1. The first kappa shape index (κ1) is 18.5. The maximum atomic E-state index is 13.1. The molecule has 1 spiro atoms. The second-order valence-corrected chi connectivity index (χ2v) is 7.30. The Kier molecular flexibility index (Phi) is 5.30. The monoisotopic (exact) mass is 378 g/mol. The van der Waals surface area contributed by atoms with Gasteiger partial charge in [-0.1, -0.05) is 30.3 Å². The summed E-state index contributed by atoms with van der Waals surface area (Å²) in [6.07, 6.45) is 1.83. The van der Waals surface area contributed by atoms with Crippen LogP contribution in [-0.4, -0.2) is 55.5 Å². The van der Waals surface area contributed by atoms with Gasteiger partial charge in [-0.15, -0.1) is 0 Å². The third kappa shape index (κ3) is 3.60. The van der Waals surface area contributed by atoms with E-state index in [2.05, 4.69) is 16.7 Å². The van der Waals surface area contributed by atoms with Gasteiger partial charge in [0.25, 0.3) is 5.91 Å². The lowest BCUT2D eigenvalue weighted by molar-refractivity contribution is 0.0694. The van der Waals surface area contributed by atoms with Crippen molar-refractivity contribution in [1.29, 1.82) is 0 Å². The van der Waals surface area contributed by atoms with Gasteiger partial charge in [-0.25, -0.2) is 0 Å². The van der Waals surface area contributed by atoms with Crippen LogP contribution in [0.3, 0.4) is 0 Å². The van der Waals surface area contributed by atoms with Crippen molar-refractivity contribution < 1.29 is 9.53 Å². The number of anilines is 2. The molecule has 1 saturated heterocycles. The molecule has 0 aliphatic carbocycles. The first-order chi connectivity index (χ1) is 13.7. The topological polar surface area (TPSA) is 66.0 Å². The summed E-state index contributed by atoms with van der Waals surface area (Å²) in [5.41, 5.74) is 2.37. The Bertz CT molecular complexity index is 868. The number of likely N-dealkylation sites (tertiary alicyclic amines) is 1. The average Bonchev–Trinajstić information content (AvgIpc) is 2.74. The van der Waals surface area contributed by atoms with Gasteiger partial charge < -0.3 is 20.3 Å². The Morgan fingerprint density at radius 2 is 1.89 bits per heavy atom. The molecule has 2 aliphatic rings. The third-order valence-electron chi connectivity index (χ3n) is 5.37. The molecule has 0 radical (unpaired) electrons. The lowest BCUT2D eigenvalue weighted by Crippen LogP contribution is -2.62. The van der Waals surface area contributed by atoms with Crippen molar-refractivity contribution >= 4 is 23.1 Å². The quantitative estimate of drug-likeness (QED) is 0.802. The standard InChI is InChI=1S/C22H26N4O2/c1-28-15-13-23-21-22(25-19-11-6-5-10-18(19)24-21)12-7-14-26(16-22)20(27)17-8-3-2-4-9-17/h2-6,8-11,25H,7,12-16H2,1H3,(H,23,24). The number of aliphatic imine (C=N–C) groups is 1. The summed E-state index contributed by atoms with van der Waals surface area (Å²) < 4.78 is 5.18. The highest BCUT2D eigenvalue weighted by Gasteiger charge is 2.44. The lowest BCUT2D eigenvalue weighted by Gasteiger charge is -2.47. The molecular formula is C22H26N4O2. The van der Waals surface area contributed by atoms with Gasteiger partial charge in [0, 0.05) is 19.2 Å². The molecule has 6 heteroatoms.